The number of anilines is 1. The van der Waals surface area contributed by atoms with Crippen molar-refractivity contribution in [2.24, 2.45) is 0 Å². The Bertz CT molecular complexity index is 1040. The molecule has 0 aliphatic rings. The summed E-state index contributed by atoms with van der Waals surface area (Å²) in [6, 6.07) is 13.1. The van der Waals surface area contributed by atoms with Gasteiger partial charge in [0.25, 0.3) is 5.91 Å². The number of carbonyl (C=O) groups excluding carboxylic acids is 2. The summed E-state index contributed by atoms with van der Waals surface area (Å²) in [6.45, 7) is -1.10. The Hall–Kier alpha value is -3.19. The number of fused-ring (bicyclic) bond motifs is 1. The molecule has 3 aromatic rings. The third-order valence-corrected chi connectivity index (χ3v) is 4.07. The van der Waals surface area contributed by atoms with E-state index in [1.165, 1.54) is 0 Å². The Kier molecular flexibility index (Phi) is 6.06. The average Bonchev–Trinajstić information content (AvgIpc) is 2.69. The molecule has 0 aliphatic heterocycles. The molecule has 0 spiro atoms. The summed E-state index contributed by atoms with van der Waals surface area (Å²) in [5.74, 6) is -2.69. The molecule has 0 unspecified atom stereocenters. The smallest absolute Gasteiger partial charge is 0.344 e. The third-order valence-electron chi connectivity index (χ3n) is 3.74. The van der Waals surface area contributed by atoms with Crippen molar-refractivity contribution in [3.05, 3.63) is 71.3 Å². The van der Waals surface area contributed by atoms with Crippen molar-refractivity contribution >= 4 is 39.9 Å². The molecule has 0 aromatic heterocycles. The summed E-state index contributed by atoms with van der Waals surface area (Å²) in [4.78, 5) is 23.5. The second-order valence-corrected chi connectivity index (χ2v) is 6.12. The van der Waals surface area contributed by atoms with Crippen molar-refractivity contribution in [1.82, 2.24) is 0 Å². The fourth-order valence-corrected chi connectivity index (χ4v) is 2.69. The average molecular weight is 406 g/mol. The van der Waals surface area contributed by atoms with Crippen molar-refractivity contribution in [1.29, 1.82) is 0 Å². The van der Waals surface area contributed by atoms with Crippen LogP contribution in [0.1, 0.15) is 0 Å². The zero-order valence-corrected chi connectivity index (χ0v) is 15.1. The highest BCUT2D eigenvalue weighted by Crippen LogP contribution is 2.31. The second-order valence-electron chi connectivity index (χ2n) is 5.71. The van der Waals surface area contributed by atoms with Gasteiger partial charge in [-0.3, -0.25) is 4.79 Å². The fraction of sp³-hybridized carbons (Fsp3) is 0.100. The monoisotopic (exact) mass is 405 g/mol. The van der Waals surface area contributed by atoms with Crippen molar-refractivity contribution in [2.75, 3.05) is 18.5 Å². The molecular weight excluding hydrogens is 392 g/mol. The van der Waals surface area contributed by atoms with Crippen LogP contribution in [-0.4, -0.2) is 25.1 Å². The first-order chi connectivity index (χ1) is 13.4. The standard InChI is InChI=1S/C20H14ClF2NO4/c21-15-6-8-18(14-4-2-1-3-13(14)15)27-11-20(26)28-10-19(25)24-17-9-12(22)5-7-16(17)23/h1-9H,10-11H2,(H,24,25). The molecule has 0 radical (unpaired) electrons. The van der Waals surface area contributed by atoms with Crippen molar-refractivity contribution in [2.45, 2.75) is 0 Å². The van der Waals surface area contributed by atoms with E-state index in [2.05, 4.69) is 5.32 Å². The minimum Gasteiger partial charge on any atom is -0.481 e. The Morgan fingerprint density at radius 1 is 0.964 bits per heavy atom. The van der Waals surface area contributed by atoms with Crippen molar-refractivity contribution < 1.29 is 27.8 Å². The van der Waals surface area contributed by atoms with Crippen LogP contribution in [0.5, 0.6) is 5.75 Å². The highest BCUT2D eigenvalue weighted by Gasteiger charge is 2.13. The molecule has 0 heterocycles. The first kappa shape index (κ1) is 19.6. The van der Waals surface area contributed by atoms with Gasteiger partial charge in [0.1, 0.15) is 17.4 Å². The number of esters is 1. The number of hydrogen-bond donors (Lipinski definition) is 1. The van der Waals surface area contributed by atoms with Gasteiger partial charge >= 0.3 is 5.97 Å². The largest absolute Gasteiger partial charge is 0.481 e. The molecule has 0 bridgehead atoms. The number of nitrogens with one attached hydrogen (secondary N) is 1. The van der Waals surface area contributed by atoms with Gasteiger partial charge in [0.15, 0.2) is 13.2 Å². The van der Waals surface area contributed by atoms with Gasteiger partial charge in [-0.05, 0) is 24.3 Å². The minimum atomic E-state index is -0.810. The lowest BCUT2D eigenvalue weighted by atomic mass is 10.1. The lowest BCUT2D eigenvalue weighted by molar-refractivity contribution is -0.149. The van der Waals surface area contributed by atoms with Gasteiger partial charge in [0, 0.05) is 21.9 Å². The quantitative estimate of drug-likeness (QED) is 0.620. The SMILES string of the molecule is O=C(COC(=O)COc1ccc(Cl)c2ccccc12)Nc1cc(F)ccc1F. The molecule has 3 aromatic carbocycles. The van der Waals surface area contributed by atoms with E-state index in [1.807, 2.05) is 12.1 Å². The highest BCUT2D eigenvalue weighted by molar-refractivity contribution is 6.35. The summed E-state index contributed by atoms with van der Waals surface area (Å²) in [5, 5.41) is 4.17. The number of hydrogen-bond acceptors (Lipinski definition) is 4. The molecule has 0 aliphatic carbocycles. The lowest BCUT2D eigenvalue weighted by Gasteiger charge is -2.10. The summed E-state index contributed by atoms with van der Waals surface area (Å²) >= 11 is 6.12. The summed E-state index contributed by atoms with van der Waals surface area (Å²) in [5.41, 5.74) is -0.343. The van der Waals surface area contributed by atoms with E-state index in [9.17, 15) is 18.4 Å². The molecule has 1 amide bonds. The van der Waals surface area contributed by atoms with Crippen LogP contribution >= 0.6 is 11.6 Å². The van der Waals surface area contributed by atoms with Crippen molar-refractivity contribution in [3.8, 4) is 5.75 Å². The van der Waals surface area contributed by atoms with Crippen LogP contribution in [0.2, 0.25) is 5.02 Å². The maximum atomic E-state index is 13.5. The van der Waals surface area contributed by atoms with E-state index < -0.39 is 36.7 Å². The predicted molar refractivity (Wildman–Crippen MR) is 100 cm³/mol. The van der Waals surface area contributed by atoms with Crippen LogP contribution in [0.15, 0.2) is 54.6 Å². The number of benzene rings is 3. The van der Waals surface area contributed by atoms with Gasteiger partial charge in [0.05, 0.1) is 5.69 Å². The maximum Gasteiger partial charge on any atom is 0.344 e. The first-order valence-corrected chi connectivity index (χ1v) is 8.52. The number of ether oxygens (including phenoxy) is 2. The molecule has 0 saturated heterocycles. The Balaban J connectivity index is 1.53. The molecule has 144 valence electrons. The van der Waals surface area contributed by atoms with E-state index >= 15 is 0 Å². The normalized spacial score (nSPS) is 10.5. The van der Waals surface area contributed by atoms with Crippen LogP contribution in [0, 0.1) is 11.6 Å². The van der Waals surface area contributed by atoms with E-state index in [4.69, 9.17) is 21.1 Å². The third kappa shape index (κ3) is 4.75. The van der Waals surface area contributed by atoms with Gasteiger partial charge in [-0.15, -0.1) is 0 Å². The summed E-state index contributed by atoms with van der Waals surface area (Å²) in [6.07, 6.45) is 0. The molecule has 0 fully saturated rings. The second kappa shape index (κ2) is 8.67. The molecule has 3 rings (SSSR count). The Labute approximate surface area is 163 Å². The molecular formula is C20H14ClF2NO4. The number of halogens is 3. The highest BCUT2D eigenvalue weighted by atomic mass is 35.5. The molecule has 0 saturated carbocycles. The van der Waals surface area contributed by atoms with Crippen LogP contribution in [0.3, 0.4) is 0 Å². The topological polar surface area (TPSA) is 64.6 Å². The van der Waals surface area contributed by atoms with E-state index in [0.29, 0.717) is 10.8 Å². The van der Waals surface area contributed by atoms with Gasteiger partial charge in [-0.25, -0.2) is 13.6 Å². The molecule has 1 N–H and O–H groups in total. The van der Waals surface area contributed by atoms with Crippen LogP contribution in [0.25, 0.3) is 10.8 Å². The van der Waals surface area contributed by atoms with Gasteiger partial charge in [0.2, 0.25) is 0 Å². The number of amides is 1. The zero-order chi connectivity index (χ0) is 20.1. The molecule has 5 nitrogen and oxygen atoms in total. The maximum absolute atomic E-state index is 13.5. The van der Waals surface area contributed by atoms with Gasteiger partial charge < -0.3 is 14.8 Å². The van der Waals surface area contributed by atoms with Crippen molar-refractivity contribution in [3.63, 3.8) is 0 Å². The number of carbonyl (C=O) groups is 2. The van der Waals surface area contributed by atoms with Gasteiger partial charge in [-0.1, -0.05) is 35.9 Å². The molecule has 0 atom stereocenters. The molecule has 8 heteroatoms. The van der Waals surface area contributed by atoms with Crippen LogP contribution in [0.4, 0.5) is 14.5 Å². The Morgan fingerprint density at radius 2 is 1.71 bits per heavy atom. The van der Waals surface area contributed by atoms with E-state index in [-0.39, 0.29) is 5.69 Å². The van der Waals surface area contributed by atoms with Gasteiger partial charge in [-0.2, -0.15) is 0 Å². The molecule has 28 heavy (non-hydrogen) atoms. The van der Waals surface area contributed by atoms with Crippen LogP contribution < -0.4 is 10.1 Å². The Morgan fingerprint density at radius 3 is 2.50 bits per heavy atom. The minimum absolute atomic E-state index is 0.343. The summed E-state index contributed by atoms with van der Waals surface area (Å²) in [7, 11) is 0. The van der Waals surface area contributed by atoms with Crippen LogP contribution in [-0.2, 0) is 14.3 Å². The number of rotatable bonds is 6. The van der Waals surface area contributed by atoms with E-state index in [1.54, 1.807) is 24.3 Å². The first-order valence-electron chi connectivity index (χ1n) is 8.14. The summed E-state index contributed by atoms with van der Waals surface area (Å²) < 4.78 is 36.8. The fourth-order valence-electron chi connectivity index (χ4n) is 2.46. The van der Waals surface area contributed by atoms with E-state index in [0.717, 1.165) is 29.0 Å². The lowest BCUT2D eigenvalue weighted by Crippen LogP contribution is -2.24. The predicted octanol–water partition coefficient (Wildman–Crippen LogP) is 4.33. The zero-order valence-electron chi connectivity index (χ0n) is 14.4.